The van der Waals surface area contributed by atoms with E-state index in [9.17, 15) is 0 Å². The minimum atomic E-state index is 0.448. The Bertz CT molecular complexity index is 470. The summed E-state index contributed by atoms with van der Waals surface area (Å²) in [6, 6.07) is 0.620. The van der Waals surface area contributed by atoms with Gasteiger partial charge in [0.15, 0.2) is 0 Å². The van der Waals surface area contributed by atoms with Crippen molar-refractivity contribution in [2.45, 2.75) is 78.4 Å². The Hall–Kier alpha value is -0.810. The molecule has 0 bridgehead atoms. The highest BCUT2D eigenvalue weighted by Crippen LogP contribution is 2.45. The van der Waals surface area contributed by atoms with Gasteiger partial charge in [-0.15, -0.1) is 0 Å². The van der Waals surface area contributed by atoms with E-state index in [1.54, 1.807) is 0 Å². The van der Waals surface area contributed by atoms with Crippen molar-refractivity contribution in [2.75, 3.05) is 0 Å². The van der Waals surface area contributed by atoms with Crippen LogP contribution < -0.4 is 5.32 Å². The summed E-state index contributed by atoms with van der Waals surface area (Å²) in [5.41, 5.74) is 3.59. The van der Waals surface area contributed by atoms with Crippen molar-refractivity contribution in [3.63, 3.8) is 0 Å². The molecule has 23 heavy (non-hydrogen) atoms. The third-order valence-corrected chi connectivity index (χ3v) is 6.17. The van der Waals surface area contributed by atoms with Crippen molar-refractivity contribution in [3.8, 4) is 0 Å². The lowest BCUT2D eigenvalue weighted by atomic mass is 10.1. The van der Waals surface area contributed by atoms with Crippen LogP contribution in [-0.2, 0) is 0 Å². The molecular weight excluding hydrogens is 297 g/mol. The molecule has 1 rings (SSSR count). The number of allylic oxidation sites excluding steroid dienone is 5. The first kappa shape index (κ1) is 20.2. The quantitative estimate of drug-likeness (QED) is 0.257. The van der Waals surface area contributed by atoms with Crippen LogP contribution in [0.4, 0.5) is 0 Å². The molecule has 0 aliphatic heterocycles. The average Bonchev–Trinajstić information content (AvgIpc) is 3.07. The normalized spacial score (nSPS) is 21.8. The van der Waals surface area contributed by atoms with E-state index in [2.05, 4.69) is 71.3 Å². The molecule has 0 aromatic heterocycles. The summed E-state index contributed by atoms with van der Waals surface area (Å²) >= 11 is 0. The second kappa shape index (κ2) is 9.48. The van der Waals surface area contributed by atoms with Crippen molar-refractivity contribution in [3.05, 3.63) is 48.0 Å². The third-order valence-electron chi connectivity index (χ3n) is 4.50. The van der Waals surface area contributed by atoms with Crippen molar-refractivity contribution >= 4 is 8.58 Å². The van der Waals surface area contributed by atoms with Gasteiger partial charge in [-0.2, -0.15) is 0 Å². The molecule has 1 nitrogen and oxygen atoms in total. The number of rotatable bonds is 11. The second-order valence-corrected chi connectivity index (χ2v) is 9.16. The minimum Gasteiger partial charge on any atom is -0.382 e. The Morgan fingerprint density at radius 3 is 2.39 bits per heavy atom. The molecule has 0 radical (unpaired) electrons. The average molecular weight is 334 g/mol. The van der Waals surface area contributed by atoms with Crippen LogP contribution in [0.2, 0.25) is 0 Å². The molecular formula is C21H36NP. The highest BCUT2D eigenvalue weighted by molar-refractivity contribution is 7.44. The van der Waals surface area contributed by atoms with Crippen LogP contribution in [0.15, 0.2) is 48.0 Å². The molecule has 1 aliphatic rings. The van der Waals surface area contributed by atoms with Crippen molar-refractivity contribution in [1.82, 2.24) is 5.32 Å². The highest BCUT2D eigenvalue weighted by Gasteiger charge is 2.45. The van der Waals surface area contributed by atoms with Gasteiger partial charge in [0.05, 0.1) is 0 Å². The Morgan fingerprint density at radius 2 is 1.91 bits per heavy atom. The van der Waals surface area contributed by atoms with Gasteiger partial charge in [-0.25, -0.2) is 0 Å². The van der Waals surface area contributed by atoms with Crippen LogP contribution in [0, 0.1) is 5.41 Å². The van der Waals surface area contributed by atoms with Crippen LogP contribution in [-0.4, -0.2) is 11.7 Å². The molecule has 1 aliphatic carbocycles. The maximum absolute atomic E-state index is 4.26. The minimum absolute atomic E-state index is 0.448. The van der Waals surface area contributed by atoms with Gasteiger partial charge in [0.1, 0.15) is 0 Å². The maximum atomic E-state index is 4.26. The standard InChI is InChI=1S/C21H36NP/c1-8-10-12-18(22-20-15-21(20,6)7)14-13-17(5)23-19(11-9-2)16(3)4/h12-14,19-20,22-23H,3,5,8-11,15H2,1-2,4,6-7H3/b14-13-,18-12+. The molecule has 1 N–H and O–H groups in total. The van der Waals surface area contributed by atoms with E-state index in [1.807, 2.05) is 0 Å². The SMILES string of the molecule is C=C(/C=C\C(=C/CCC)NC1CC1(C)C)PC(CCC)C(=C)C. The molecule has 3 atom stereocenters. The smallest absolute Gasteiger partial charge is 0.0318 e. The predicted molar refractivity (Wildman–Crippen MR) is 108 cm³/mol. The zero-order valence-corrected chi connectivity index (χ0v) is 16.8. The largest absolute Gasteiger partial charge is 0.382 e. The van der Waals surface area contributed by atoms with E-state index in [4.69, 9.17) is 0 Å². The molecule has 0 spiro atoms. The van der Waals surface area contributed by atoms with Gasteiger partial charge >= 0.3 is 0 Å². The molecule has 0 aromatic carbocycles. The van der Waals surface area contributed by atoms with Gasteiger partial charge in [0, 0.05) is 17.4 Å². The lowest BCUT2D eigenvalue weighted by molar-refractivity contribution is 0.579. The summed E-state index contributed by atoms with van der Waals surface area (Å²) in [6.45, 7) is 19.7. The first-order valence-corrected chi connectivity index (χ1v) is 10.1. The van der Waals surface area contributed by atoms with Gasteiger partial charge in [0.2, 0.25) is 0 Å². The van der Waals surface area contributed by atoms with E-state index in [0.717, 1.165) is 15.0 Å². The van der Waals surface area contributed by atoms with Crippen LogP contribution in [0.5, 0.6) is 0 Å². The first-order chi connectivity index (χ1) is 10.8. The van der Waals surface area contributed by atoms with Gasteiger partial charge in [0.25, 0.3) is 0 Å². The predicted octanol–water partition coefficient (Wildman–Crippen LogP) is 6.55. The Balaban J connectivity index is 2.61. The molecule has 1 saturated carbocycles. The van der Waals surface area contributed by atoms with E-state index in [1.165, 1.54) is 42.3 Å². The van der Waals surface area contributed by atoms with Gasteiger partial charge in [-0.1, -0.05) is 80.0 Å². The topological polar surface area (TPSA) is 12.0 Å². The van der Waals surface area contributed by atoms with Gasteiger partial charge in [-0.05, 0) is 43.0 Å². The molecule has 0 heterocycles. The molecule has 0 aromatic rings. The summed E-state index contributed by atoms with van der Waals surface area (Å²) in [7, 11) is 0.751. The maximum Gasteiger partial charge on any atom is 0.0318 e. The van der Waals surface area contributed by atoms with Crippen LogP contribution in [0.3, 0.4) is 0 Å². The summed E-state index contributed by atoms with van der Waals surface area (Å²) in [5.74, 6) is 0. The Morgan fingerprint density at radius 1 is 1.26 bits per heavy atom. The van der Waals surface area contributed by atoms with Crippen LogP contribution in [0.1, 0.15) is 66.7 Å². The first-order valence-electron chi connectivity index (χ1n) is 9.05. The number of unbranched alkanes of at least 4 members (excludes halogenated alkanes) is 1. The summed E-state index contributed by atoms with van der Waals surface area (Å²) in [6.07, 6.45) is 12.7. The van der Waals surface area contributed by atoms with Crippen molar-refractivity contribution in [1.29, 1.82) is 0 Å². The fourth-order valence-corrected chi connectivity index (χ4v) is 3.89. The molecule has 1 fully saturated rings. The van der Waals surface area contributed by atoms with E-state index < -0.39 is 0 Å². The van der Waals surface area contributed by atoms with E-state index in [0.29, 0.717) is 17.1 Å². The molecule has 0 amide bonds. The number of hydrogen-bond acceptors (Lipinski definition) is 1. The fourth-order valence-electron chi connectivity index (χ4n) is 2.58. The molecule has 0 saturated heterocycles. The fraction of sp³-hybridized carbons (Fsp3) is 0.619. The second-order valence-electron chi connectivity index (χ2n) is 7.53. The van der Waals surface area contributed by atoms with Gasteiger partial charge in [-0.3, -0.25) is 0 Å². The van der Waals surface area contributed by atoms with Crippen LogP contribution in [0.25, 0.3) is 0 Å². The van der Waals surface area contributed by atoms with Crippen molar-refractivity contribution in [2.24, 2.45) is 5.41 Å². The summed E-state index contributed by atoms with van der Waals surface area (Å²) in [5, 5.41) is 4.92. The highest BCUT2D eigenvalue weighted by atomic mass is 31.1. The summed E-state index contributed by atoms with van der Waals surface area (Å²) < 4.78 is 0. The number of hydrogen-bond donors (Lipinski definition) is 1. The Labute approximate surface area is 146 Å². The zero-order valence-electron chi connectivity index (χ0n) is 15.8. The summed E-state index contributed by atoms with van der Waals surface area (Å²) in [4.78, 5) is 0. The van der Waals surface area contributed by atoms with E-state index in [-0.39, 0.29) is 0 Å². The van der Waals surface area contributed by atoms with Crippen LogP contribution >= 0.6 is 8.58 Å². The lowest BCUT2D eigenvalue weighted by Crippen LogP contribution is -2.19. The van der Waals surface area contributed by atoms with Gasteiger partial charge < -0.3 is 5.32 Å². The van der Waals surface area contributed by atoms with Crippen molar-refractivity contribution < 1.29 is 0 Å². The molecule has 2 heteroatoms. The lowest BCUT2D eigenvalue weighted by Gasteiger charge is -2.16. The Kier molecular flexibility index (Phi) is 8.34. The monoisotopic (exact) mass is 333 g/mol. The molecule has 130 valence electrons. The number of nitrogens with one attached hydrogen (secondary N) is 1. The zero-order chi connectivity index (χ0) is 17.5. The third kappa shape index (κ3) is 7.53. The molecule has 3 unspecified atom stereocenters. The van der Waals surface area contributed by atoms with E-state index >= 15 is 0 Å².